The molecule has 1 nitrogen and oxygen atoms in total. The van der Waals surface area contributed by atoms with Gasteiger partial charge in [-0.05, 0) is 6.42 Å². The summed E-state index contributed by atoms with van der Waals surface area (Å²) >= 11 is 9.34. The van der Waals surface area contributed by atoms with Crippen LogP contribution < -0.4 is 0 Å². The molecule has 0 spiro atoms. The normalized spacial score (nSPS) is 13.9. The van der Waals surface area contributed by atoms with Crippen LogP contribution in [-0.2, 0) is 4.74 Å². The van der Waals surface area contributed by atoms with Gasteiger partial charge >= 0.3 is 0 Å². The fraction of sp³-hybridized carbons (Fsp3) is 1.00. The zero-order valence-corrected chi connectivity index (χ0v) is 6.58. The second-order valence-corrected chi connectivity index (χ2v) is 2.31. The molecule has 50 valence electrons. The number of alkyl halides is 1. The molecule has 0 amide bonds. The van der Waals surface area contributed by atoms with Crippen molar-refractivity contribution in [1.82, 2.24) is 0 Å². The first kappa shape index (κ1) is 8.60. The van der Waals surface area contributed by atoms with E-state index in [0.29, 0.717) is 0 Å². The van der Waals surface area contributed by atoms with E-state index >= 15 is 0 Å². The number of thiol groups is 1. The van der Waals surface area contributed by atoms with Crippen molar-refractivity contribution in [3.8, 4) is 0 Å². The Bertz CT molecular complexity index is 45.7. The molecule has 0 N–H and O–H groups in total. The van der Waals surface area contributed by atoms with Gasteiger partial charge in [0.25, 0.3) is 0 Å². The highest BCUT2D eigenvalue weighted by Crippen LogP contribution is 2.05. The lowest BCUT2D eigenvalue weighted by Crippen LogP contribution is -2.01. The minimum absolute atomic E-state index is 0.0255. The molecule has 0 aliphatic rings. The van der Waals surface area contributed by atoms with Crippen LogP contribution in [-0.4, -0.2) is 11.5 Å². The highest BCUT2D eigenvalue weighted by Gasteiger charge is 1.97. The van der Waals surface area contributed by atoms with Crippen LogP contribution in [0, 0.1) is 0 Å². The molecule has 0 aromatic rings. The summed E-state index contributed by atoms with van der Waals surface area (Å²) in [5.74, 6) is 0. The minimum atomic E-state index is 0.0255. The Morgan fingerprint density at radius 2 is 2.38 bits per heavy atom. The smallest absolute Gasteiger partial charge is 0.122 e. The molecule has 8 heavy (non-hydrogen) atoms. The highest BCUT2D eigenvalue weighted by molar-refractivity contribution is 7.80. The van der Waals surface area contributed by atoms with E-state index in [1.54, 1.807) is 0 Å². The first-order valence-electron chi connectivity index (χ1n) is 2.67. The maximum atomic E-state index is 5.26. The first-order chi connectivity index (χ1) is 3.81. The molecule has 0 aromatic carbocycles. The van der Waals surface area contributed by atoms with Crippen LogP contribution in [0.3, 0.4) is 0 Å². The zero-order valence-electron chi connectivity index (χ0n) is 4.93. The Morgan fingerprint density at radius 3 is 2.75 bits per heavy atom. The molecule has 1 unspecified atom stereocenters. The van der Waals surface area contributed by atoms with Crippen LogP contribution in [0.25, 0.3) is 0 Å². The summed E-state index contributed by atoms with van der Waals surface area (Å²) < 4.78 is 4.91. The molecule has 0 rings (SSSR count). The van der Waals surface area contributed by atoms with Gasteiger partial charge in [0, 0.05) is 0 Å². The molecule has 3 heteroatoms. The van der Waals surface area contributed by atoms with E-state index in [4.69, 9.17) is 16.3 Å². The molecule has 0 aliphatic carbocycles. The molecule has 0 saturated carbocycles. The van der Waals surface area contributed by atoms with Crippen molar-refractivity contribution >= 4 is 24.2 Å². The van der Waals surface area contributed by atoms with Gasteiger partial charge in [0.15, 0.2) is 0 Å². The quantitative estimate of drug-likeness (QED) is 0.371. The summed E-state index contributed by atoms with van der Waals surface area (Å²) in [7, 11) is 0. The molecule has 0 aromatic heterocycles. The van der Waals surface area contributed by atoms with Crippen LogP contribution in [0.4, 0.5) is 0 Å². The maximum Gasteiger partial charge on any atom is 0.122 e. The minimum Gasteiger partial charge on any atom is -0.352 e. The van der Waals surface area contributed by atoms with Gasteiger partial charge < -0.3 is 4.74 Å². The van der Waals surface area contributed by atoms with Crippen LogP contribution in [0.2, 0.25) is 0 Å². The number of halogens is 1. The summed E-state index contributed by atoms with van der Waals surface area (Å²) in [4.78, 5) is 0. The van der Waals surface area contributed by atoms with Crippen LogP contribution in [0.5, 0.6) is 0 Å². The highest BCUT2D eigenvalue weighted by atomic mass is 35.5. The largest absolute Gasteiger partial charge is 0.352 e. The van der Waals surface area contributed by atoms with Crippen LogP contribution in [0.15, 0.2) is 0 Å². The molecular weight excluding hydrogens is 144 g/mol. The van der Waals surface area contributed by atoms with Crippen molar-refractivity contribution in [2.75, 3.05) is 6.07 Å². The van der Waals surface area contributed by atoms with Crippen molar-refractivity contribution in [1.29, 1.82) is 0 Å². The SMILES string of the molecule is CCCC(S)OCCl. The van der Waals surface area contributed by atoms with E-state index in [1.165, 1.54) is 0 Å². The van der Waals surface area contributed by atoms with Gasteiger partial charge in [0.2, 0.25) is 0 Å². The van der Waals surface area contributed by atoms with E-state index in [9.17, 15) is 0 Å². The van der Waals surface area contributed by atoms with Crippen molar-refractivity contribution in [2.45, 2.75) is 25.2 Å². The summed E-state index contributed by atoms with van der Waals surface area (Å²) in [6.07, 6.45) is 2.06. The Morgan fingerprint density at radius 1 is 1.75 bits per heavy atom. The lowest BCUT2D eigenvalue weighted by Gasteiger charge is -2.06. The fourth-order valence-corrected chi connectivity index (χ4v) is 0.976. The lowest BCUT2D eigenvalue weighted by molar-refractivity contribution is 0.149. The Balaban J connectivity index is 2.92. The molecule has 1 atom stereocenters. The summed E-state index contributed by atoms with van der Waals surface area (Å²) in [5, 5.41) is 0. The third-order valence-electron chi connectivity index (χ3n) is 0.791. The number of ether oxygens (including phenoxy) is 1. The summed E-state index contributed by atoms with van der Waals surface area (Å²) in [6, 6.07) is 0.244. The molecule has 0 bridgehead atoms. The molecular formula is C5H11ClOS. The standard InChI is InChI=1S/C5H11ClOS/c1-2-3-5(8)7-4-6/h5,8H,2-4H2,1H3. The summed E-state index contributed by atoms with van der Waals surface area (Å²) in [6.45, 7) is 2.08. The van der Waals surface area contributed by atoms with Gasteiger partial charge in [0.05, 0.1) is 0 Å². The summed E-state index contributed by atoms with van der Waals surface area (Å²) in [5.41, 5.74) is 0.0255. The molecule has 0 heterocycles. The third-order valence-corrected chi connectivity index (χ3v) is 1.32. The fourth-order valence-electron chi connectivity index (χ4n) is 0.403. The molecule has 0 aliphatic heterocycles. The van der Waals surface area contributed by atoms with Gasteiger partial charge in [-0.2, -0.15) is 0 Å². The predicted octanol–water partition coefficient (Wildman–Crippen LogP) is 2.26. The van der Waals surface area contributed by atoms with E-state index in [0.717, 1.165) is 12.8 Å². The first-order valence-corrected chi connectivity index (χ1v) is 3.72. The van der Waals surface area contributed by atoms with Crippen LogP contribution in [0.1, 0.15) is 19.8 Å². The monoisotopic (exact) mass is 154 g/mol. The van der Waals surface area contributed by atoms with Gasteiger partial charge in [-0.3, -0.25) is 0 Å². The molecule has 0 saturated heterocycles. The molecule has 0 fully saturated rings. The van der Waals surface area contributed by atoms with E-state index in [1.807, 2.05) is 0 Å². The second-order valence-electron chi connectivity index (χ2n) is 1.52. The van der Waals surface area contributed by atoms with Gasteiger partial charge in [0.1, 0.15) is 11.5 Å². The lowest BCUT2D eigenvalue weighted by atomic mass is 10.4. The number of hydrogen-bond donors (Lipinski definition) is 1. The second kappa shape index (κ2) is 5.73. The van der Waals surface area contributed by atoms with E-state index in [2.05, 4.69) is 19.6 Å². The van der Waals surface area contributed by atoms with Crippen LogP contribution >= 0.6 is 24.2 Å². The van der Waals surface area contributed by atoms with Gasteiger partial charge in [-0.15, -0.1) is 12.6 Å². The Labute approximate surface area is 60.8 Å². The maximum absolute atomic E-state index is 5.26. The van der Waals surface area contributed by atoms with Crippen molar-refractivity contribution in [3.63, 3.8) is 0 Å². The van der Waals surface area contributed by atoms with Crippen molar-refractivity contribution < 1.29 is 4.74 Å². The zero-order chi connectivity index (χ0) is 6.41. The Kier molecular flexibility index (Phi) is 6.16. The average Bonchev–Trinajstić information content (AvgIpc) is 1.68. The van der Waals surface area contributed by atoms with Crippen molar-refractivity contribution in [2.24, 2.45) is 0 Å². The predicted molar refractivity (Wildman–Crippen MR) is 39.5 cm³/mol. The molecule has 0 radical (unpaired) electrons. The van der Waals surface area contributed by atoms with E-state index in [-0.39, 0.29) is 11.5 Å². The van der Waals surface area contributed by atoms with Crippen molar-refractivity contribution in [3.05, 3.63) is 0 Å². The number of rotatable bonds is 4. The number of hydrogen-bond acceptors (Lipinski definition) is 2. The van der Waals surface area contributed by atoms with Gasteiger partial charge in [-0.1, -0.05) is 24.9 Å². The third kappa shape index (κ3) is 4.75. The van der Waals surface area contributed by atoms with E-state index < -0.39 is 0 Å². The Hall–Kier alpha value is 0.600. The van der Waals surface area contributed by atoms with Gasteiger partial charge in [-0.25, -0.2) is 0 Å². The topological polar surface area (TPSA) is 9.23 Å². The average molecular weight is 155 g/mol.